The van der Waals surface area contributed by atoms with E-state index in [0.717, 1.165) is 17.6 Å². The number of anilines is 1. The van der Waals surface area contributed by atoms with E-state index in [1.807, 2.05) is 12.1 Å². The Morgan fingerprint density at radius 2 is 1.88 bits per heavy atom. The number of aromatic amines is 1. The highest BCUT2D eigenvalue weighted by Crippen LogP contribution is 2.18. The van der Waals surface area contributed by atoms with Crippen molar-refractivity contribution in [2.24, 2.45) is 0 Å². The summed E-state index contributed by atoms with van der Waals surface area (Å²) in [4.78, 5) is 26.7. The lowest BCUT2D eigenvalue weighted by Crippen LogP contribution is -2.21. The summed E-state index contributed by atoms with van der Waals surface area (Å²) in [6, 6.07) is 10.1. The van der Waals surface area contributed by atoms with Gasteiger partial charge >= 0.3 is 5.97 Å². The number of para-hydroxylation sites is 1. The van der Waals surface area contributed by atoms with Gasteiger partial charge in [0.2, 0.25) is 0 Å². The molecule has 0 unspecified atom stereocenters. The average molecular weight is 330 g/mol. The van der Waals surface area contributed by atoms with Crippen LogP contribution in [0.5, 0.6) is 0 Å². The van der Waals surface area contributed by atoms with Crippen molar-refractivity contribution >= 4 is 28.5 Å². The lowest BCUT2D eigenvalue weighted by Gasteiger charge is -2.06. The van der Waals surface area contributed by atoms with Gasteiger partial charge in [-0.2, -0.15) is 0 Å². The molecule has 0 saturated heterocycles. The summed E-state index contributed by atoms with van der Waals surface area (Å²) in [5, 5.41) is 3.00. The van der Waals surface area contributed by atoms with Crippen molar-refractivity contribution in [3.8, 4) is 0 Å². The molecule has 0 aliphatic rings. The number of ether oxygens (including phenoxy) is 1. The van der Waals surface area contributed by atoms with Crippen LogP contribution >= 0.6 is 0 Å². The quantitative estimate of drug-likeness (QED) is 0.722. The van der Waals surface area contributed by atoms with Crippen LogP contribution in [0.3, 0.4) is 0 Å². The number of H-pyrrole nitrogens is 1. The zero-order valence-corrected chi connectivity index (χ0v) is 12.3. The Labute approximate surface area is 135 Å². The molecule has 0 saturated carbocycles. The second-order valence-corrected chi connectivity index (χ2v) is 5.00. The summed E-state index contributed by atoms with van der Waals surface area (Å²) in [5.74, 6) is -3.41. The summed E-state index contributed by atoms with van der Waals surface area (Å²) in [6.45, 7) is -0.544. The monoisotopic (exact) mass is 330 g/mol. The number of benzene rings is 2. The summed E-state index contributed by atoms with van der Waals surface area (Å²) < 4.78 is 30.8. The molecule has 3 rings (SSSR count). The summed E-state index contributed by atoms with van der Waals surface area (Å²) >= 11 is 0. The van der Waals surface area contributed by atoms with E-state index >= 15 is 0 Å². The maximum Gasteiger partial charge on any atom is 0.340 e. The minimum Gasteiger partial charge on any atom is -0.452 e. The van der Waals surface area contributed by atoms with E-state index in [1.165, 1.54) is 12.3 Å². The first-order valence-corrected chi connectivity index (χ1v) is 7.03. The molecule has 7 heteroatoms. The molecule has 0 atom stereocenters. The molecular formula is C17H12F2N2O3. The van der Waals surface area contributed by atoms with Gasteiger partial charge in [-0.05, 0) is 18.2 Å². The molecule has 2 aromatic carbocycles. The molecule has 122 valence electrons. The number of fused-ring (bicyclic) bond motifs is 1. The predicted octanol–water partition coefficient (Wildman–Crippen LogP) is 3.24. The van der Waals surface area contributed by atoms with Crippen molar-refractivity contribution in [1.82, 2.24) is 4.98 Å². The normalized spacial score (nSPS) is 10.6. The fourth-order valence-electron chi connectivity index (χ4n) is 2.22. The second-order valence-electron chi connectivity index (χ2n) is 5.00. The van der Waals surface area contributed by atoms with E-state index in [4.69, 9.17) is 4.74 Å². The average Bonchev–Trinajstić information content (AvgIpc) is 3.00. The third kappa shape index (κ3) is 3.24. The van der Waals surface area contributed by atoms with Crippen molar-refractivity contribution in [3.63, 3.8) is 0 Å². The van der Waals surface area contributed by atoms with Gasteiger partial charge in [0.15, 0.2) is 18.2 Å². The Morgan fingerprint density at radius 3 is 2.67 bits per heavy atom. The van der Waals surface area contributed by atoms with Gasteiger partial charge in [-0.15, -0.1) is 0 Å². The van der Waals surface area contributed by atoms with E-state index in [9.17, 15) is 18.4 Å². The molecule has 24 heavy (non-hydrogen) atoms. The van der Waals surface area contributed by atoms with Crippen LogP contribution < -0.4 is 5.32 Å². The van der Waals surface area contributed by atoms with Crippen molar-refractivity contribution in [1.29, 1.82) is 0 Å². The van der Waals surface area contributed by atoms with Crippen LogP contribution in [0.15, 0.2) is 48.7 Å². The van der Waals surface area contributed by atoms with Crippen LogP contribution in [0, 0.1) is 11.6 Å². The minimum absolute atomic E-state index is 0.0713. The molecule has 0 aliphatic heterocycles. The molecule has 1 aromatic heterocycles. The van der Waals surface area contributed by atoms with Crippen molar-refractivity contribution in [2.75, 3.05) is 11.9 Å². The van der Waals surface area contributed by atoms with E-state index in [1.54, 1.807) is 12.1 Å². The SMILES string of the molecule is O=C(COC(=O)c1c[nH]c2ccccc12)Nc1ccc(F)c(F)c1. The molecule has 5 nitrogen and oxygen atoms in total. The number of amides is 1. The van der Waals surface area contributed by atoms with E-state index in [0.29, 0.717) is 10.9 Å². The highest BCUT2D eigenvalue weighted by atomic mass is 19.2. The number of carbonyl (C=O) groups is 2. The molecule has 0 radical (unpaired) electrons. The number of aromatic nitrogens is 1. The summed E-state index contributed by atoms with van der Waals surface area (Å²) in [6.07, 6.45) is 1.50. The van der Waals surface area contributed by atoms with Gasteiger partial charge in [0.05, 0.1) is 5.56 Å². The Bertz CT molecular complexity index is 921. The van der Waals surface area contributed by atoms with Crippen LogP contribution in [0.4, 0.5) is 14.5 Å². The first kappa shape index (κ1) is 15.7. The fourth-order valence-corrected chi connectivity index (χ4v) is 2.22. The first-order valence-electron chi connectivity index (χ1n) is 7.03. The number of carbonyl (C=O) groups excluding carboxylic acids is 2. The van der Waals surface area contributed by atoms with Gasteiger partial charge in [0.1, 0.15) is 0 Å². The first-order chi connectivity index (χ1) is 11.5. The topological polar surface area (TPSA) is 71.2 Å². The van der Waals surface area contributed by atoms with Crippen LogP contribution in [0.2, 0.25) is 0 Å². The number of rotatable bonds is 4. The van der Waals surface area contributed by atoms with E-state index < -0.39 is 30.1 Å². The molecule has 0 fully saturated rings. The Hall–Kier alpha value is -3.22. The predicted molar refractivity (Wildman–Crippen MR) is 83.6 cm³/mol. The Kier molecular flexibility index (Phi) is 4.24. The fraction of sp³-hybridized carbons (Fsp3) is 0.0588. The zero-order valence-electron chi connectivity index (χ0n) is 12.3. The number of esters is 1. The van der Waals surface area contributed by atoms with E-state index in [-0.39, 0.29) is 5.69 Å². The van der Waals surface area contributed by atoms with Crippen molar-refractivity contribution in [3.05, 3.63) is 65.9 Å². The molecule has 0 spiro atoms. The van der Waals surface area contributed by atoms with Crippen LogP contribution in [-0.4, -0.2) is 23.5 Å². The van der Waals surface area contributed by atoms with Gasteiger partial charge in [-0.3, -0.25) is 4.79 Å². The van der Waals surface area contributed by atoms with Crippen molar-refractivity contribution < 1.29 is 23.1 Å². The van der Waals surface area contributed by atoms with E-state index in [2.05, 4.69) is 10.3 Å². The minimum atomic E-state index is -1.08. The van der Waals surface area contributed by atoms with Crippen molar-refractivity contribution in [2.45, 2.75) is 0 Å². The van der Waals surface area contributed by atoms with Gasteiger partial charge < -0.3 is 15.0 Å². The second kappa shape index (κ2) is 6.49. The van der Waals surface area contributed by atoms with Crippen LogP contribution in [0.1, 0.15) is 10.4 Å². The Balaban J connectivity index is 1.61. The molecule has 1 heterocycles. The summed E-state index contributed by atoms with van der Waals surface area (Å²) in [5.41, 5.74) is 1.16. The molecule has 0 bridgehead atoms. The molecular weight excluding hydrogens is 318 g/mol. The lowest BCUT2D eigenvalue weighted by molar-refractivity contribution is -0.119. The number of hydrogen-bond acceptors (Lipinski definition) is 3. The number of halogens is 2. The smallest absolute Gasteiger partial charge is 0.340 e. The van der Waals surface area contributed by atoms with Gasteiger partial charge in [-0.25, -0.2) is 13.6 Å². The van der Waals surface area contributed by atoms with Gasteiger partial charge in [0, 0.05) is 28.9 Å². The Morgan fingerprint density at radius 1 is 1.08 bits per heavy atom. The molecule has 3 aromatic rings. The molecule has 0 aliphatic carbocycles. The maximum absolute atomic E-state index is 13.1. The summed E-state index contributed by atoms with van der Waals surface area (Å²) in [7, 11) is 0. The van der Waals surface area contributed by atoms with Crippen LogP contribution in [-0.2, 0) is 9.53 Å². The standard InChI is InChI=1S/C17H12F2N2O3/c18-13-6-5-10(7-14(13)19)21-16(22)9-24-17(23)12-8-20-15-4-2-1-3-11(12)15/h1-8,20H,9H2,(H,21,22). The maximum atomic E-state index is 13.1. The third-order valence-electron chi connectivity index (χ3n) is 3.35. The van der Waals surface area contributed by atoms with Gasteiger partial charge in [0.25, 0.3) is 5.91 Å². The number of nitrogens with one attached hydrogen (secondary N) is 2. The highest BCUT2D eigenvalue weighted by Gasteiger charge is 2.15. The zero-order chi connectivity index (χ0) is 17.1. The number of hydrogen-bond donors (Lipinski definition) is 2. The third-order valence-corrected chi connectivity index (χ3v) is 3.35. The van der Waals surface area contributed by atoms with Gasteiger partial charge in [-0.1, -0.05) is 18.2 Å². The van der Waals surface area contributed by atoms with Crippen LogP contribution in [0.25, 0.3) is 10.9 Å². The largest absolute Gasteiger partial charge is 0.452 e. The highest BCUT2D eigenvalue weighted by molar-refractivity contribution is 6.05. The lowest BCUT2D eigenvalue weighted by atomic mass is 10.2. The molecule has 1 amide bonds. The molecule has 2 N–H and O–H groups in total.